The van der Waals surface area contributed by atoms with E-state index in [0.717, 1.165) is 17.5 Å². The molecule has 3 aromatic rings. The van der Waals surface area contributed by atoms with Gasteiger partial charge in [0.25, 0.3) is 12.2 Å². The quantitative estimate of drug-likeness (QED) is 0.279. The van der Waals surface area contributed by atoms with Gasteiger partial charge in [0, 0.05) is 36.8 Å². The highest BCUT2D eigenvalue weighted by Gasteiger charge is 2.17. The molecular weight excluding hydrogens is 382 g/mol. The number of hydrogen-bond donors (Lipinski definition) is 0. The molecule has 0 aromatic heterocycles. The average Bonchev–Trinajstić information content (AvgIpc) is 2.76. The summed E-state index contributed by atoms with van der Waals surface area (Å²) in [6.07, 6.45) is 0.954. The average molecular weight is 401 g/mol. The molecule has 0 amide bonds. The molecule has 0 N–H and O–H groups in total. The van der Waals surface area contributed by atoms with Crippen LogP contribution in [-0.2, 0) is 16.0 Å². The summed E-state index contributed by atoms with van der Waals surface area (Å²) in [5.41, 5.74) is 4.58. The summed E-state index contributed by atoms with van der Waals surface area (Å²) in [6.45, 7) is 0.265. The van der Waals surface area contributed by atoms with Crippen molar-refractivity contribution < 1.29 is 19.2 Å². The Bertz CT molecular complexity index is 1100. The second-order valence-electron chi connectivity index (χ2n) is 6.39. The second kappa shape index (κ2) is 10.0. The monoisotopic (exact) mass is 401 g/mol. The largest absolute Gasteiger partial charge is 0.429 e. The first kappa shape index (κ1) is 20.8. The van der Waals surface area contributed by atoms with E-state index in [0.29, 0.717) is 0 Å². The van der Waals surface area contributed by atoms with Gasteiger partial charge in [0.05, 0.1) is 11.0 Å². The van der Waals surface area contributed by atoms with E-state index >= 15 is 0 Å². The Morgan fingerprint density at radius 1 is 0.967 bits per heavy atom. The summed E-state index contributed by atoms with van der Waals surface area (Å²) in [4.78, 5) is 19.5. The van der Waals surface area contributed by atoms with E-state index < -0.39 is 4.92 Å². The molecule has 4 rings (SSSR count). The van der Waals surface area contributed by atoms with Crippen molar-refractivity contribution in [3.05, 3.63) is 105 Å². The molecule has 6 heteroatoms. The number of nitro groups is 1. The Labute approximate surface area is 174 Å². The van der Waals surface area contributed by atoms with Gasteiger partial charge >= 0.3 is 0 Å². The minimum atomic E-state index is -0.523. The molecule has 3 aromatic carbocycles. The minimum Gasteiger partial charge on any atom is -0.429 e. The highest BCUT2D eigenvalue weighted by Crippen LogP contribution is 2.27. The molecule has 0 radical (unpaired) electrons. The molecular formula is C24H19NO5. The molecule has 0 spiro atoms. The van der Waals surface area contributed by atoms with Crippen molar-refractivity contribution in [3.8, 4) is 17.6 Å². The lowest BCUT2D eigenvalue weighted by Crippen LogP contribution is -2.09. The number of non-ortho nitro benzene ring substituents is 1. The zero-order valence-corrected chi connectivity index (χ0v) is 16.3. The van der Waals surface area contributed by atoms with Crippen molar-refractivity contribution in [2.75, 3.05) is 7.11 Å². The molecule has 30 heavy (non-hydrogen) atoms. The van der Waals surface area contributed by atoms with Gasteiger partial charge in [-0.05, 0) is 35.4 Å². The maximum Gasteiger partial charge on any atom is 0.298 e. The fourth-order valence-corrected chi connectivity index (χ4v) is 3.07. The predicted molar refractivity (Wildman–Crippen MR) is 112 cm³/mol. The molecule has 1 unspecified atom stereocenters. The third-order valence-electron chi connectivity index (χ3n) is 4.58. The maximum atomic E-state index is 10.2. The SMILES string of the molecule is COC1Cc2ccccc2C#Cc2ccccc21.O=COc1ccc([N+](=O)[O-])cc1. The second-order valence-corrected chi connectivity index (χ2v) is 6.39. The van der Waals surface area contributed by atoms with Crippen LogP contribution in [0, 0.1) is 22.0 Å². The number of hydrogen-bond acceptors (Lipinski definition) is 5. The van der Waals surface area contributed by atoms with Crippen molar-refractivity contribution >= 4 is 12.2 Å². The fraction of sp³-hybridized carbons (Fsp3) is 0.125. The number of nitro benzene ring substituents is 1. The van der Waals surface area contributed by atoms with E-state index in [1.807, 2.05) is 18.2 Å². The maximum absolute atomic E-state index is 10.2. The van der Waals surface area contributed by atoms with Crippen LogP contribution < -0.4 is 4.74 Å². The summed E-state index contributed by atoms with van der Waals surface area (Å²) in [5.74, 6) is 6.80. The molecule has 1 atom stereocenters. The van der Waals surface area contributed by atoms with Gasteiger partial charge in [0.2, 0.25) is 0 Å². The normalized spacial score (nSPS) is 13.6. The molecule has 1 aliphatic rings. The van der Waals surface area contributed by atoms with Crippen LogP contribution in [0.1, 0.15) is 28.4 Å². The van der Waals surface area contributed by atoms with E-state index in [2.05, 4.69) is 46.9 Å². The van der Waals surface area contributed by atoms with Gasteiger partial charge in [0.15, 0.2) is 0 Å². The molecule has 150 valence electrons. The number of ether oxygens (including phenoxy) is 2. The van der Waals surface area contributed by atoms with Gasteiger partial charge in [-0.25, -0.2) is 0 Å². The molecule has 0 fully saturated rings. The molecule has 0 bridgehead atoms. The lowest BCUT2D eigenvalue weighted by molar-refractivity contribution is -0.384. The summed E-state index contributed by atoms with van der Waals surface area (Å²) < 4.78 is 10.1. The lowest BCUT2D eigenvalue weighted by atomic mass is 9.92. The van der Waals surface area contributed by atoms with Gasteiger partial charge in [-0.15, -0.1) is 0 Å². The van der Waals surface area contributed by atoms with Crippen molar-refractivity contribution in [2.24, 2.45) is 0 Å². The Morgan fingerprint density at radius 2 is 1.60 bits per heavy atom. The van der Waals surface area contributed by atoms with Crippen LogP contribution in [0.15, 0.2) is 72.8 Å². The zero-order chi connectivity index (χ0) is 21.3. The Morgan fingerprint density at radius 3 is 2.27 bits per heavy atom. The van der Waals surface area contributed by atoms with Crippen molar-refractivity contribution in [2.45, 2.75) is 12.5 Å². The van der Waals surface area contributed by atoms with Gasteiger partial charge in [-0.3, -0.25) is 14.9 Å². The molecule has 6 nitrogen and oxygen atoms in total. The molecule has 0 heterocycles. The summed E-state index contributed by atoms with van der Waals surface area (Å²) in [6, 6.07) is 21.7. The van der Waals surface area contributed by atoms with Crippen LogP contribution in [0.5, 0.6) is 5.75 Å². The van der Waals surface area contributed by atoms with E-state index in [9.17, 15) is 14.9 Å². The molecule has 0 saturated heterocycles. The molecule has 1 aliphatic carbocycles. The van der Waals surface area contributed by atoms with Gasteiger partial charge in [0.1, 0.15) is 5.75 Å². The first-order valence-electron chi connectivity index (χ1n) is 9.18. The van der Waals surface area contributed by atoms with Crippen LogP contribution in [0.25, 0.3) is 0 Å². The van der Waals surface area contributed by atoms with Crippen LogP contribution >= 0.6 is 0 Å². The summed E-state index contributed by atoms with van der Waals surface area (Å²) >= 11 is 0. The van der Waals surface area contributed by atoms with Crippen LogP contribution in [0.4, 0.5) is 5.69 Å². The van der Waals surface area contributed by atoms with E-state index in [-0.39, 0.29) is 24.0 Å². The number of rotatable bonds is 4. The minimum absolute atomic E-state index is 0.0340. The lowest BCUT2D eigenvalue weighted by Gasteiger charge is -2.19. The predicted octanol–water partition coefficient (Wildman–Crippen LogP) is 4.46. The summed E-state index contributed by atoms with van der Waals surface area (Å²) in [7, 11) is 1.76. The Hall–Kier alpha value is -3.95. The van der Waals surface area contributed by atoms with E-state index in [1.54, 1.807) is 7.11 Å². The molecule has 0 saturated carbocycles. The fourth-order valence-electron chi connectivity index (χ4n) is 3.07. The van der Waals surface area contributed by atoms with Crippen molar-refractivity contribution in [3.63, 3.8) is 0 Å². The highest BCUT2D eigenvalue weighted by atomic mass is 16.6. The topological polar surface area (TPSA) is 78.7 Å². The summed E-state index contributed by atoms with van der Waals surface area (Å²) in [5, 5.41) is 10.2. The Balaban J connectivity index is 0.000000187. The van der Waals surface area contributed by atoms with Gasteiger partial charge in [-0.1, -0.05) is 48.2 Å². The van der Waals surface area contributed by atoms with Gasteiger partial charge in [-0.2, -0.15) is 0 Å². The molecule has 0 aliphatic heterocycles. The first-order valence-corrected chi connectivity index (χ1v) is 9.18. The number of nitrogens with zero attached hydrogens (tertiary/aromatic N) is 1. The third-order valence-corrected chi connectivity index (χ3v) is 4.58. The van der Waals surface area contributed by atoms with Crippen molar-refractivity contribution in [1.82, 2.24) is 0 Å². The number of carbonyl (C=O) groups excluding carboxylic acids is 1. The zero-order valence-electron chi connectivity index (χ0n) is 16.3. The number of benzene rings is 3. The van der Waals surface area contributed by atoms with Crippen LogP contribution in [0.3, 0.4) is 0 Å². The van der Waals surface area contributed by atoms with Crippen molar-refractivity contribution in [1.29, 1.82) is 0 Å². The number of carbonyl (C=O) groups is 1. The van der Waals surface area contributed by atoms with E-state index in [4.69, 9.17) is 4.74 Å². The van der Waals surface area contributed by atoms with Crippen LogP contribution in [-0.4, -0.2) is 18.5 Å². The van der Waals surface area contributed by atoms with Crippen LogP contribution in [0.2, 0.25) is 0 Å². The Kier molecular flexibility index (Phi) is 6.93. The number of methoxy groups -OCH3 is 1. The highest BCUT2D eigenvalue weighted by molar-refractivity contribution is 5.52. The smallest absolute Gasteiger partial charge is 0.298 e. The first-order chi connectivity index (χ1) is 14.6. The third kappa shape index (κ3) is 5.10. The standard InChI is InChI=1S/C17H14O.C7H5NO4/c1-18-17-12-15-8-3-2-6-13(15)10-11-14-7-4-5-9-16(14)17;9-5-12-7-3-1-6(2-4-7)8(10)11/h2-9,17H,12H2,1H3;1-5H. The van der Waals surface area contributed by atoms with Gasteiger partial charge < -0.3 is 9.47 Å². The number of fused-ring (bicyclic) bond motifs is 2. The van der Waals surface area contributed by atoms with E-state index in [1.165, 1.54) is 35.4 Å².